The molecule has 1 N–H and O–H groups in total. The second-order valence-corrected chi connectivity index (χ2v) is 12.5. The van der Waals surface area contributed by atoms with Crippen LogP contribution in [0.4, 0.5) is 10.1 Å². The molecule has 0 aliphatic rings. The number of rotatable bonds is 12. The molecule has 3 aromatic carbocycles. The number of hydrogen-bond acceptors (Lipinski definition) is 5. The first kappa shape index (κ1) is 31.6. The quantitative estimate of drug-likeness (QED) is 0.331. The van der Waals surface area contributed by atoms with Gasteiger partial charge in [-0.15, -0.1) is 0 Å². The molecule has 0 aliphatic carbocycles. The summed E-state index contributed by atoms with van der Waals surface area (Å²) in [6, 6.07) is 19.4. The van der Waals surface area contributed by atoms with E-state index in [1.807, 2.05) is 58.0 Å². The van der Waals surface area contributed by atoms with E-state index >= 15 is 0 Å². The molecule has 41 heavy (non-hydrogen) atoms. The predicted octanol–water partition coefficient (Wildman–Crippen LogP) is 4.79. The Bertz CT molecular complexity index is 1410. The van der Waals surface area contributed by atoms with E-state index in [2.05, 4.69) is 5.32 Å². The second-order valence-electron chi connectivity index (χ2n) is 10.6. The lowest BCUT2D eigenvalue weighted by Gasteiger charge is -2.33. The number of nitrogens with one attached hydrogen (secondary N) is 1. The zero-order valence-electron chi connectivity index (χ0n) is 24.1. The maximum Gasteiger partial charge on any atom is 0.264 e. The van der Waals surface area contributed by atoms with Gasteiger partial charge in [0, 0.05) is 12.1 Å². The van der Waals surface area contributed by atoms with Gasteiger partial charge in [0.25, 0.3) is 10.0 Å². The minimum absolute atomic E-state index is 0.171. The van der Waals surface area contributed by atoms with E-state index in [1.54, 1.807) is 31.2 Å². The van der Waals surface area contributed by atoms with Crippen LogP contribution in [0.5, 0.6) is 5.75 Å². The van der Waals surface area contributed by atoms with Crippen molar-refractivity contribution in [2.24, 2.45) is 0 Å². The van der Waals surface area contributed by atoms with Gasteiger partial charge in [-0.25, -0.2) is 12.8 Å². The molecule has 3 rings (SSSR count). The van der Waals surface area contributed by atoms with E-state index in [1.165, 1.54) is 4.90 Å². The number of benzene rings is 3. The maximum absolute atomic E-state index is 13.9. The monoisotopic (exact) mass is 583 g/mol. The second kappa shape index (κ2) is 13.6. The Morgan fingerprint density at radius 3 is 2.12 bits per heavy atom. The average molecular weight is 584 g/mol. The minimum Gasteiger partial charge on any atom is -0.494 e. The molecular weight excluding hydrogens is 545 g/mol. The number of sulfonamides is 1. The summed E-state index contributed by atoms with van der Waals surface area (Å²) in [7, 11) is -4.29. The molecule has 10 heteroatoms. The highest BCUT2D eigenvalue weighted by Crippen LogP contribution is 2.26. The fraction of sp³-hybridized carbons (Fsp3) is 0.355. The molecule has 2 amide bonds. The molecule has 0 heterocycles. The number of hydrogen-bond donors (Lipinski definition) is 1. The van der Waals surface area contributed by atoms with Gasteiger partial charge in [-0.2, -0.15) is 0 Å². The summed E-state index contributed by atoms with van der Waals surface area (Å²) in [4.78, 5) is 28.3. The lowest BCUT2D eigenvalue weighted by molar-refractivity contribution is -0.139. The van der Waals surface area contributed by atoms with E-state index in [0.717, 1.165) is 34.1 Å². The van der Waals surface area contributed by atoms with E-state index in [4.69, 9.17) is 4.74 Å². The predicted molar refractivity (Wildman–Crippen MR) is 158 cm³/mol. The first-order chi connectivity index (χ1) is 19.3. The van der Waals surface area contributed by atoms with Gasteiger partial charge in [0.05, 0.1) is 17.2 Å². The fourth-order valence-corrected chi connectivity index (χ4v) is 5.60. The first-order valence-electron chi connectivity index (χ1n) is 13.5. The van der Waals surface area contributed by atoms with Crippen LogP contribution in [-0.2, 0) is 26.0 Å². The minimum atomic E-state index is -4.29. The Hall–Kier alpha value is -3.92. The van der Waals surface area contributed by atoms with Crippen LogP contribution in [0.2, 0.25) is 0 Å². The van der Waals surface area contributed by atoms with E-state index in [-0.39, 0.29) is 23.0 Å². The van der Waals surface area contributed by atoms with Gasteiger partial charge in [0.2, 0.25) is 11.8 Å². The van der Waals surface area contributed by atoms with Crippen LogP contribution in [-0.4, -0.2) is 56.4 Å². The van der Waals surface area contributed by atoms with E-state index in [9.17, 15) is 22.4 Å². The Balaban J connectivity index is 1.99. The molecule has 0 fully saturated rings. The summed E-state index contributed by atoms with van der Waals surface area (Å²) in [5.74, 6) is -0.956. The highest BCUT2D eigenvalue weighted by atomic mass is 32.2. The highest BCUT2D eigenvalue weighted by molar-refractivity contribution is 7.92. The maximum atomic E-state index is 13.9. The van der Waals surface area contributed by atoms with Crippen molar-refractivity contribution in [1.29, 1.82) is 0 Å². The zero-order valence-corrected chi connectivity index (χ0v) is 24.9. The molecule has 8 nitrogen and oxygen atoms in total. The Kier molecular flexibility index (Phi) is 10.5. The molecule has 0 radical (unpaired) electrons. The largest absolute Gasteiger partial charge is 0.494 e. The summed E-state index contributed by atoms with van der Waals surface area (Å²) in [6.07, 6.45) is 0.466. The summed E-state index contributed by atoms with van der Waals surface area (Å²) in [5, 5.41) is 2.90. The van der Waals surface area contributed by atoms with Crippen LogP contribution >= 0.6 is 0 Å². The SMILES string of the molecule is CCOc1ccc(N(CC(=O)N(CCc2ccccc2)[C@@H](C)C(=O)NC(C)(C)C)S(=O)(=O)c2ccc(F)cc2)cc1. The number of carbonyl (C=O) groups is 2. The van der Waals surface area contributed by atoms with Crippen LogP contribution in [0.1, 0.15) is 40.2 Å². The molecule has 0 aromatic heterocycles. The zero-order chi connectivity index (χ0) is 30.2. The molecule has 0 saturated heterocycles. The Labute approximate surface area is 242 Å². The number of ether oxygens (including phenoxy) is 1. The number of carbonyl (C=O) groups excluding carboxylic acids is 2. The molecule has 220 valence electrons. The molecule has 0 unspecified atom stereocenters. The van der Waals surface area contributed by atoms with Crippen molar-refractivity contribution >= 4 is 27.5 Å². The van der Waals surface area contributed by atoms with Gasteiger partial charge in [-0.3, -0.25) is 13.9 Å². The molecule has 0 saturated carbocycles. The topological polar surface area (TPSA) is 96.0 Å². The molecule has 3 aromatic rings. The molecule has 0 aliphatic heterocycles. The number of amides is 2. The fourth-order valence-electron chi connectivity index (χ4n) is 4.18. The van der Waals surface area contributed by atoms with Crippen molar-refractivity contribution in [2.45, 2.75) is 57.5 Å². The number of nitrogens with zero attached hydrogens (tertiary/aromatic N) is 2. The van der Waals surface area contributed by atoms with Gasteiger partial charge in [0.15, 0.2) is 0 Å². The molecule has 0 spiro atoms. The number of anilines is 1. The van der Waals surface area contributed by atoms with E-state index < -0.39 is 39.9 Å². The third-order valence-corrected chi connectivity index (χ3v) is 8.05. The van der Waals surface area contributed by atoms with Gasteiger partial charge < -0.3 is 15.0 Å². The van der Waals surface area contributed by atoms with Crippen LogP contribution in [0, 0.1) is 5.82 Å². The smallest absolute Gasteiger partial charge is 0.264 e. The molecule has 1 atom stereocenters. The van der Waals surface area contributed by atoms with Crippen molar-refractivity contribution < 1.29 is 27.1 Å². The van der Waals surface area contributed by atoms with E-state index in [0.29, 0.717) is 18.8 Å². The van der Waals surface area contributed by atoms with Crippen molar-refractivity contribution in [3.8, 4) is 5.75 Å². The average Bonchev–Trinajstić information content (AvgIpc) is 2.92. The number of halogens is 1. The standard InChI is InChI=1S/C31H38FN3O5S/c1-6-40-27-16-14-26(15-17-27)35(41(38,39)28-18-12-25(32)13-19-28)22-29(36)34(21-20-24-10-8-7-9-11-24)23(2)30(37)33-31(3,4)5/h7-19,23H,6,20-22H2,1-5H3,(H,33,37)/t23-/m0/s1. The van der Waals surface area contributed by atoms with Gasteiger partial charge >= 0.3 is 0 Å². The highest BCUT2D eigenvalue weighted by Gasteiger charge is 2.33. The first-order valence-corrected chi connectivity index (χ1v) is 14.9. The van der Waals surface area contributed by atoms with Crippen molar-refractivity contribution in [2.75, 3.05) is 24.0 Å². The van der Waals surface area contributed by atoms with Crippen LogP contribution in [0.3, 0.4) is 0 Å². The lowest BCUT2D eigenvalue weighted by atomic mass is 10.1. The third kappa shape index (κ3) is 8.78. The lowest BCUT2D eigenvalue weighted by Crippen LogP contribution is -2.55. The molecular formula is C31H38FN3O5S. The van der Waals surface area contributed by atoms with Crippen molar-refractivity contribution in [3.63, 3.8) is 0 Å². The van der Waals surface area contributed by atoms with Crippen LogP contribution in [0.15, 0.2) is 83.8 Å². The summed E-state index contributed by atoms with van der Waals surface area (Å²) < 4.78 is 47.7. The Morgan fingerprint density at radius 1 is 0.951 bits per heavy atom. The van der Waals surface area contributed by atoms with Gasteiger partial charge in [0.1, 0.15) is 24.2 Å². The van der Waals surface area contributed by atoms with Crippen molar-refractivity contribution in [1.82, 2.24) is 10.2 Å². The van der Waals surface area contributed by atoms with Gasteiger partial charge in [-0.05, 0) is 95.1 Å². The van der Waals surface area contributed by atoms with Crippen LogP contribution < -0.4 is 14.4 Å². The summed E-state index contributed by atoms with van der Waals surface area (Å²) in [5.41, 5.74) is 0.664. The summed E-state index contributed by atoms with van der Waals surface area (Å²) in [6.45, 7) is 9.04. The summed E-state index contributed by atoms with van der Waals surface area (Å²) >= 11 is 0. The molecule has 0 bridgehead atoms. The third-order valence-electron chi connectivity index (χ3n) is 6.27. The van der Waals surface area contributed by atoms with Crippen molar-refractivity contribution in [3.05, 3.63) is 90.2 Å². The van der Waals surface area contributed by atoms with Gasteiger partial charge in [-0.1, -0.05) is 30.3 Å². The van der Waals surface area contributed by atoms with Crippen LogP contribution in [0.25, 0.3) is 0 Å². The normalized spacial score (nSPS) is 12.3. The Morgan fingerprint density at radius 2 is 1.56 bits per heavy atom.